The van der Waals surface area contributed by atoms with Crippen LogP contribution in [0.4, 0.5) is 11.4 Å². The molecule has 0 bridgehead atoms. The first kappa shape index (κ1) is 13.7. The molecular weight excluding hydrogens is 280 g/mol. The fourth-order valence-electron chi connectivity index (χ4n) is 1.72. The van der Waals surface area contributed by atoms with Gasteiger partial charge in [0.2, 0.25) is 11.8 Å². The lowest BCUT2D eigenvalue weighted by molar-refractivity contribution is 0.436. The van der Waals surface area contributed by atoms with Gasteiger partial charge in [-0.2, -0.15) is 0 Å². The van der Waals surface area contributed by atoms with Crippen molar-refractivity contribution in [1.29, 1.82) is 0 Å². The largest absolute Gasteiger partial charge is 0.437 e. The zero-order valence-corrected chi connectivity index (χ0v) is 11.6. The Balaban J connectivity index is 1.67. The van der Waals surface area contributed by atoms with Gasteiger partial charge in [0.15, 0.2) is 0 Å². The topological polar surface area (TPSA) is 96.3 Å². The molecule has 0 radical (unpaired) electrons. The summed E-state index contributed by atoms with van der Waals surface area (Å²) in [7, 11) is 0. The van der Waals surface area contributed by atoms with Gasteiger partial charge in [0.1, 0.15) is 11.5 Å². The Morgan fingerprint density at radius 1 is 0.591 bits per heavy atom. The third-order valence-electron chi connectivity index (χ3n) is 2.81. The Labute approximate surface area is 127 Å². The van der Waals surface area contributed by atoms with E-state index in [4.69, 9.17) is 20.9 Å². The highest BCUT2D eigenvalue weighted by molar-refractivity contribution is 5.43. The normalized spacial score (nSPS) is 10.2. The summed E-state index contributed by atoms with van der Waals surface area (Å²) in [5.41, 5.74) is 12.6. The summed E-state index contributed by atoms with van der Waals surface area (Å²) in [6.07, 6.45) is 2.98. The third-order valence-corrected chi connectivity index (χ3v) is 2.81. The Bertz CT molecular complexity index is 674. The van der Waals surface area contributed by atoms with Gasteiger partial charge in [0.05, 0.1) is 12.4 Å². The molecule has 2 aromatic carbocycles. The smallest absolute Gasteiger partial charge is 0.238 e. The molecule has 0 aliphatic heterocycles. The lowest BCUT2D eigenvalue weighted by Crippen LogP contribution is -1.93. The van der Waals surface area contributed by atoms with E-state index < -0.39 is 0 Å². The molecule has 0 aliphatic rings. The highest BCUT2D eigenvalue weighted by atomic mass is 16.5. The molecule has 0 saturated carbocycles. The summed E-state index contributed by atoms with van der Waals surface area (Å²) in [5, 5.41) is 0. The van der Waals surface area contributed by atoms with Gasteiger partial charge in [0, 0.05) is 11.4 Å². The minimum atomic E-state index is 0.370. The number of anilines is 2. The third kappa shape index (κ3) is 3.43. The van der Waals surface area contributed by atoms with Crippen molar-refractivity contribution in [2.24, 2.45) is 0 Å². The quantitative estimate of drug-likeness (QED) is 0.717. The van der Waals surface area contributed by atoms with Crippen LogP contribution in [0.1, 0.15) is 0 Å². The van der Waals surface area contributed by atoms with Crippen molar-refractivity contribution < 1.29 is 9.47 Å². The van der Waals surface area contributed by atoms with Gasteiger partial charge in [-0.3, -0.25) is 0 Å². The van der Waals surface area contributed by atoms with Crippen LogP contribution in [0.15, 0.2) is 60.9 Å². The lowest BCUT2D eigenvalue weighted by Gasteiger charge is -2.07. The van der Waals surface area contributed by atoms with Crippen LogP contribution in [0, 0.1) is 0 Å². The molecule has 6 heteroatoms. The molecule has 0 amide bonds. The van der Waals surface area contributed by atoms with Gasteiger partial charge in [0.25, 0.3) is 0 Å². The lowest BCUT2D eigenvalue weighted by atomic mass is 10.3. The summed E-state index contributed by atoms with van der Waals surface area (Å²) in [6, 6.07) is 14.0. The van der Waals surface area contributed by atoms with Gasteiger partial charge in [-0.25, -0.2) is 9.97 Å². The molecular formula is C16H14N4O2. The van der Waals surface area contributed by atoms with E-state index in [9.17, 15) is 0 Å². The van der Waals surface area contributed by atoms with Crippen LogP contribution in [0.25, 0.3) is 0 Å². The van der Waals surface area contributed by atoms with E-state index in [-0.39, 0.29) is 0 Å². The van der Waals surface area contributed by atoms with E-state index >= 15 is 0 Å². The standard InChI is InChI=1S/C16H14N4O2/c17-11-1-5-13(6-2-11)21-15-9-20-16(10-19-15)22-14-7-3-12(18)4-8-14/h1-10H,17-18H2. The highest BCUT2D eigenvalue weighted by Crippen LogP contribution is 2.23. The molecule has 0 fully saturated rings. The Morgan fingerprint density at radius 2 is 0.955 bits per heavy atom. The van der Waals surface area contributed by atoms with Crippen molar-refractivity contribution in [2.45, 2.75) is 0 Å². The zero-order valence-electron chi connectivity index (χ0n) is 11.6. The average Bonchev–Trinajstić information content (AvgIpc) is 2.54. The van der Waals surface area contributed by atoms with E-state index in [1.165, 1.54) is 12.4 Å². The van der Waals surface area contributed by atoms with Crippen LogP contribution in [0.5, 0.6) is 23.3 Å². The number of hydrogen-bond acceptors (Lipinski definition) is 6. The minimum Gasteiger partial charge on any atom is -0.437 e. The highest BCUT2D eigenvalue weighted by Gasteiger charge is 2.03. The van der Waals surface area contributed by atoms with E-state index in [1.54, 1.807) is 48.5 Å². The maximum atomic E-state index is 5.61. The SMILES string of the molecule is Nc1ccc(Oc2cnc(Oc3ccc(N)cc3)cn2)cc1. The fraction of sp³-hybridized carbons (Fsp3) is 0. The molecule has 0 unspecified atom stereocenters. The van der Waals surface area contributed by atoms with Crippen LogP contribution < -0.4 is 20.9 Å². The van der Waals surface area contributed by atoms with Crippen molar-refractivity contribution >= 4 is 11.4 Å². The molecule has 1 aromatic heterocycles. The van der Waals surface area contributed by atoms with Crippen molar-refractivity contribution in [3.8, 4) is 23.3 Å². The van der Waals surface area contributed by atoms with Crippen LogP contribution in [-0.2, 0) is 0 Å². The molecule has 0 atom stereocenters. The Hall–Kier alpha value is -3.28. The first-order valence-electron chi connectivity index (χ1n) is 6.58. The van der Waals surface area contributed by atoms with E-state index in [2.05, 4.69) is 9.97 Å². The zero-order chi connectivity index (χ0) is 15.4. The molecule has 0 saturated heterocycles. The second kappa shape index (κ2) is 6.01. The molecule has 0 aliphatic carbocycles. The van der Waals surface area contributed by atoms with Gasteiger partial charge < -0.3 is 20.9 Å². The summed E-state index contributed by atoms with van der Waals surface area (Å²) < 4.78 is 11.1. The molecule has 3 rings (SSSR count). The first-order chi connectivity index (χ1) is 10.7. The van der Waals surface area contributed by atoms with Gasteiger partial charge in [-0.15, -0.1) is 0 Å². The van der Waals surface area contributed by atoms with E-state index in [1.807, 2.05) is 0 Å². The summed E-state index contributed by atoms with van der Waals surface area (Å²) in [4.78, 5) is 8.29. The number of nitrogens with two attached hydrogens (primary N) is 2. The number of ether oxygens (including phenoxy) is 2. The van der Waals surface area contributed by atoms with Crippen LogP contribution in [0.2, 0.25) is 0 Å². The molecule has 110 valence electrons. The van der Waals surface area contributed by atoms with Crippen molar-refractivity contribution in [1.82, 2.24) is 9.97 Å². The predicted molar refractivity (Wildman–Crippen MR) is 83.9 cm³/mol. The van der Waals surface area contributed by atoms with Gasteiger partial charge in [-0.1, -0.05) is 0 Å². The molecule has 6 nitrogen and oxygen atoms in total. The number of nitrogens with zero attached hydrogens (tertiary/aromatic N) is 2. The number of benzene rings is 2. The number of hydrogen-bond donors (Lipinski definition) is 2. The van der Waals surface area contributed by atoms with Crippen molar-refractivity contribution in [3.05, 3.63) is 60.9 Å². The molecule has 4 N–H and O–H groups in total. The molecule has 22 heavy (non-hydrogen) atoms. The summed E-state index contributed by atoms with van der Waals surface area (Å²) in [6.45, 7) is 0. The van der Waals surface area contributed by atoms with Gasteiger partial charge >= 0.3 is 0 Å². The average molecular weight is 294 g/mol. The number of rotatable bonds is 4. The molecule has 1 heterocycles. The number of nitrogen functional groups attached to an aromatic ring is 2. The molecule has 3 aromatic rings. The van der Waals surface area contributed by atoms with Crippen LogP contribution in [-0.4, -0.2) is 9.97 Å². The van der Waals surface area contributed by atoms with Crippen molar-refractivity contribution in [3.63, 3.8) is 0 Å². The second-order valence-corrected chi connectivity index (χ2v) is 4.54. The van der Waals surface area contributed by atoms with E-state index in [0.29, 0.717) is 34.6 Å². The Morgan fingerprint density at radius 3 is 1.27 bits per heavy atom. The maximum Gasteiger partial charge on any atom is 0.238 e. The first-order valence-corrected chi connectivity index (χ1v) is 6.58. The van der Waals surface area contributed by atoms with Crippen LogP contribution >= 0.6 is 0 Å². The summed E-state index contributed by atoms with van der Waals surface area (Å²) >= 11 is 0. The molecule has 0 spiro atoms. The number of aromatic nitrogens is 2. The summed E-state index contributed by atoms with van der Waals surface area (Å²) in [5.74, 6) is 2.01. The second-order valence-electron chi connectivity index (χ2n) is 4.54. The van der Waals surface area contributed by atoms with Crippen molar-refractivity contribution in [2.75, 3.05) is 11.5 Å². The van der Waals surface area contributed by atoms with Crippen LogP contribution in [0.3, 0.4) is 0 Å². The van der Waals surface area contributed by atoms with Gasteiger partial charge in [-0.05, 0) is 48.5 Å². The fourth-order valence-corrected chi connectivity index (χ4v) is 1.72. The predicted octanol–water partition coefficient (Wildman–Crippen LogP) is 3.23. The monoisotopic (exact) mass is 294 g/mol. The minimum absolute atomic E-state index is 0.370. The maximum absolute atomic E-state index is 5.61. The van der Waals surface area contributed by atoms with E-state index in [0.717, 1.165) is 0 Å². The Kier molecular flexibility index (Phi) is 3.74.